The second-order valence-electron chi connectivity index (χ2n) is 9.63. The average Bonchev–Trinajstić information content (AvgIpc) is 3.09. The van der Waals surface area contributed by atoms with Crippen molar-refractivity contribution in [3.05, 3.63) is 54.1 Å². The Morgan fingerprint density at radius 1 is 1.10 bits per heavy atom. The van der Waals surface area contributed by atoms with E-state index in [2.05, 4.69) is 106 Å². The quantitative estimate of drug-likeness (QED) is 0.310. The van der Waals surface area contributed by atoms with Gasteiger partial charge in [0.15, 0.2) is 5.78 Å². The Hall–Kier alpha value is -0.996. The number of carbonyl (C=O) groups is 1. The molecule has 4 nitrogen and oxygen atoms in total. The van der Waals surface area contributed by atoms with E-state index in [1.807, 2.05) is 29.6 Å². The van der Waals surface area contributed by atoms with Gasteiger partial charge in [-0.05, 0) is 36.3 Å². The van der Waals surface area contributed by atoms with Gasteiger partial charge in [-0.25, -0.2) is 0 Å². The zero-order valence-corrected chi connectivity index (χ0v) is 21.4. The summed E-state index contributed by atoms with van der Waals surface area (Å²) in [6.45, 7) is 22.0. The third kappa shape index (κ3) is 7.64. The van der Waals surface area contributed by atoms with Crippen molar-refractivity contribution in [1.82, 2.24) is 15.1 Å². The van der Waals surface area contributed by atoms with E-state index in [9.17, 15) is 4.79 Å². The van der Waals surface area contributed by atoms with Crippen LogP contribution in [0.3, 0.4) is 0 Å². The van der Waals surface area contributed by atoms with E-state index in [1.165, 1.54) is 5.57 Å². The van der Waals surface area contributed by atoms with Crippen LogP contribution in [-0.4, -0.2) is 34.7 Å². The fourth-order valence-corrected chi connectivity index (χ4v) is 2.90. The van der Waals surface area contributed by atoms with Crippen molar-refractivity contribution < 1.29 is 18.5 Å². The number of rotatable bonds is 5. The molecular formula is C23H35BrN3NiO. The molecular weight excluding hydrogens is 473 g/mol. The minimum absolute atomic E-state index is 0.000854. The molecule has 0 unspecified atom stereocenters. The summed E-state index contributed by atoms with van der Waals surface area (Å²) in [5, 5.41) is 3.31. The van der Waals surface area contributed by atoms with Crippen LogP contribution in [-0.2, 0) is 18.5 Å². The van der Waals surface area contributed by atoms with Crippen molar-refractivity contribution in [2.45, 2.75) is 61.4 Å². The van der Waals surface area contributed by atoms with Gasteiger partial charge in [0.1, 0.15) is 0 Å². The van der Waals surface area contributed by atoms with Crippen LogP contribution in [0.25, 0.3) is 0 Å². The number of nitrogens with zero attached hydrogens (tertiary/aromatic N) is 2. The number of halogens is 1. The van der Waals surface area contributed by atoms with Gasteiger partial charge in [-0.15, -0.1) is 0 Å². The molecule has 0 bridgehead atoms. The summed E-state index contributed by atoms with van der Waals surface area (Å²) >= 11 is 6.25. The van der Waals surface area contributed by atoms with Crippen LogP contribution < -0.4 is 5.32 Å². The van der Waals surface area contributed by atoms with Gasteiger partial charge in [0.2, 0.25) is 6.67 Å². The number of allylic oxidation sites excluding steroid dienone is 5. The molecule has 0 saturated heterocycles. The second kappa shape index (κ2) is 10.9. The monoisotopic (exact) mass is 506 g/mol. The molecule has 1 heterocycles. The van der Waals surface area contributed by atoms with Gasteiger partial charge in [-0.2, -0.15) is 0 Å². The molecule has 1 N–H and O–H groups in total. The Bertz CT molecular complexity index is 694. The van der Waals surface area contributed by atoms with Crippen molar-refractivity contribution in [2.24, 2.45) is 10.8 Å². The Balaban J connectivity index is 0.00000204. The topological polar surface area (TPSA) is 35.6 Å². The van der Waals surface area contributed by atoms with E-state index in [1.54, 1.807) is 0 Å². The van der Waals surface area contributed by atoms with Gasteiger partial charge < -0.3 is 15.1 Å². The van der Waals surface area contributed by atoms with E-state index < -0.39 is 0 Å². The number of hydrogen-bond acceptors (Lipinski definition) is 4. The van der Waals surface area contributed by atoms with Gasteiger partial charge in [0, 0.05) is 48.9 Å². The Labute approximate surface area is 192 Å². The number of Topliss-reactive ketones (excluding diaryl/α,β-unsaturated/α-hetero) is 1. The molecule has 2 radical (unpaired) electrons. The fraction of sp³-hybridized carbons (Fsp3) is 0.565. The maximum atomic E-state index is 13.0. The molecule has 0 amide bonds. The van der Waals surface area contributed by atoms with E-state index in [-0.39, 0.29) is 16.6 Å². The Morgan fingerprint density at radius 3 is 2.21 bits per heavy atom. The third-order valence-corrected chi connectivity index (χ3v) is 4.75. The molecule has 2 aliphatic rings. The van der Waals surface area contributed by atoms with Crippen molar-refractivity contribution in [1.29, 1.82) is 0 Å². The van der Waals surface area contributed by atoms with E-state index in [0.717, 1.165) is 24.2 Å². The summed E-state index contributed by atoms with van der Waals surface area (Å²) in [5.74, 6) is 0.119. The summed E-state index contributed by atoms with van der Waals surface area (Å²) in [5.41, 5.74) is 2.63. The first-order valence-electron chi connectivity index (χ1n) is 9.94. The first kappa shape index (κ1) is 26.0. The zero-order valence-electron chi connectivity index (χ0n) is 18.9. The first-order chi connectivity index (χ1) is 13.4. The maximum absolute atomic E-state index is 13.0. The predicted octanol–water partition coefficient (Wildman–Crippen LogP) is 5.32. The molecule has 29 heavy (non-hydrogen) atoms. The van der Waals surface area contributed by atoms with Gasteiger partial charge in [0.25, 0.3) is 0 Å². The molecule has 165 valence electrons. The molecule has 0 aromatic rings. The summed E-state index contributed by atoms with van der Waals surface area (Å²) < 4.78 is 0. The fourth-order valence-electron chi connectivity index (χ4n) is 2.90. The standard InChI is InChI=1S/C23H35N3O.BrH.Ni/c1-17(2)26-12-11-25(16-26)10-9-24-15-18-13-19(22(3,4)5)14-20(21(18)27)23(6,7)8;;/h11-15,17,24H,9-10H2,1-8H3;1H;/q;;+1/p-1/b18-15-;;. The molecule has 1 aliphatic carbocycles. The number of carbonyl (C=O) groups excluding carboxylic acids is 1. The molecule has 0 fully saturated rings. The van der Waals surface area contributed by atoms with Crippen molar-refractivity contribution >= 4 is 20.0 Å². The van der Waals surface area contributed by atoms with Crippen LogP contribution in [0.15, 0.2) is 47.5 Å². The van der Waals surface area contributed by atoms with Crippen molar-refractivity contribution in [3.8, 4) is 0 Å². The zero-order chi connectivity index (χ0) is 22.4. The Kier molecular flexibility index (Phi) is 9.75. The predicted molar refractivity (Wildman–Crippen MR) is 121 cm³/mol. The van der Waals surface area contributed by atoms with Gasteiger partial charge in [-0.3, -0.25) is 4.79 Å². The van der Waals surface area contributed by atoms with Gasteiger partial charge in [0.05, 0.1) is 0 Å². The Morgan fingerprint density at radius 2 is 1.72 bits per heavy atom. The minimum atomic E-state index is -0.175. The van der Waals surface area contributed by atoms with Crippen molar-refractivity contribution in [3.63, 3.8) is 0 Å². The molecule has 0 aromatic heterocycles. The number of nitrogens with one attached hydrogen (secondary N) is 1. The summed E-state index contributed by atoms with van der Waals surface area (Å²) in [6, 6.07) is 0.407. The van der Waals surface area contributed by atoms with Crippen LogP contribution in [0, 0.1) is 17.5 Å². The molecule has 0 saturated carbocycles. The summed E-state index contributed by atoms with van der Waals surface area (Å²) in [7, 11) is 0. The van der Waals surface area contributed by atoms with E-state index in [0.29, 0.717) is 6.04 Å². The molecule has 0 atom stereocenters. The van der Waals surface area contributed by atoms with E-state index >= 15 is 0 Å². The molecule has 6 heteroatoms. The van der Waals surface area contributed by atoms with Crippen LogP contribution in [0.4, 0.5) is 0 Å². The van der Waals surface area contributed by atoms with Crippen LogP contribution in [0.5, 0.6) is 0 Å². The first-order valence-corrected chi connectivity index (χ1v) is 12.4. The SMILES string of the molecule is CC(C)N1[C]N(CCN/C=C2/C=C(C(C)(C)C)C=C(C(C)(C)C)C2=O)C=C1.[Ni][Br]. The summed E-state index contributed by atoms with van der Waals surface area (Å²) in [6.07, 6.45) is 10.0. The molecule has 2 rings (SSSR count). The van der Waals surface area contributed by atoms with Gasteiger partial charge >= 0.3 is 27.9 Å². The normalized spacial score (nSPS) is 18.8. The van der Waals surface area contributed by atoms with Crippen LogP contribution in [0.2, 0.25) is 0 Å². The van der Waals surface area contributed by atoms with Gasteiger partial charge in [-0.1, -0.05) is 47.6 Å². The molecule has 0 spiro atoms. The van der Waals surface area contributed by atoms with Crippen LogP contribution >= 0.6 is 14.2 Å². The molecule has 0 aromatic carbocycles. The average molecular weight is 508 g/mol. The van der Waals surface area contributed by atoms with Crippen LogP contribution in [0.1, 0.15) is 55.4 Å². The second-order valence-corrected chi connectivity index (χ2v) is 9.63. The van der Waals surface area contributed by atoms with E-state index in [4.69, 9.17) is 0 Å². The summed E-state index contributed by atoms with van der Waals surface area (Å²) in [4.78, 5) is 17.0. The third-order valence-electron chi connectivity index (χ3n) is 4.75. The number of ketones is 1. The molecule has 1 aliphatic heterocycles. The van der Waals surface area contributed by atoms with Crippen molar-refractivity contribution in [2.75, 3.05) is 13.1 Å². The number of hydrogen-bond donors (Lipinski definition) is 1.